The molecule has 6 nitrogen and oxygen atoms in total. The first-order chi connectivity index (χ1) is 11.1. The summed E-state index contributed by atoms with van der Waals surface area (Å²) < 4.78 is 0.899. The lowest BCUT2D eigenvalue weighted by atomic mass is 10.0. The van der Waals surface area contributed by atoms with Crippen LogP contribution in [0.5, 0.6) is 0 Å². The number of β-lactam (4-membered cyclic amide) rings is 1. The van der Waals surface area contributed by atoms with Gasteiger partial charge in [0.15, 0.2) is 0 Å². The van der Waals surface area contributed by atoms with Crippen LogP contribution in [0.2, 0.25) is 19.6 Å². The molecule has 8 heteroatoms. The highest BCUT2D eigenvalue weighted by Crippen LogP contribution is 2.41. The normalized spacial score (nSPS) is 29.5. The second-order valence-electron chi connectivity index (χ2n) is 8.47. The third-order valence-electron chi connectivity index (χ3n) is 5.06. The summed E-state index contributed by atoms with van der Waals surface area (Å²) in [6.45, 7) is 9.42. The van der Waals surface area contributed by atoms with E-state index in [4.69, 9.17) is 0 Å². The van der Waals surface area contributed by atoms with Gasteiger partial charge in [-0.2, -0.15) is 0 Å². The molecule has 0 bridgehead atoms. The molecule has 0 spiro atoms. The van der Waals surface area contributed by atoms with Gasteiger partial charge in [-0.3, -0.25) is 9.69 Å². The number of amides is 1. The molecule has 3 heterocycles. The summed E-state index contributed by atoms with van der Waals surface area (Å²) in [5.74, 6) is -0.317. The number of rotatable bonds is 5. The molecule has 0 aromatic heterocycles. The molecule has 3 rings (SSSR count). The minimum absolute atomic E-state index is 0.0667. The highest BCUT2D eigenvalue weighted by Gasteiger charge is 2.54. The van der Waals surface area contributed by atoms with Crippen LogP contribution in [0.3, 0.4) is 0 Å². The van der Waals surface area contributed by atoms with Crippen LogP contribution in [0, 0.1) is 0 Å². The van der Waals surface area contributed by atoms with Crippen LogP contribution in [-0.4, -0.2) is 78.5 Å². The summed E-state index contributed by atoms with van der Waals surface area (Å²) in [4.78, 5) is 29.5. The Morgan fingerprint density at radius 2 is 2.00 bits per heavy atom. The van der Waals surface area contributed by atoms with Gasteiger partial charge in [-0.1, -0.05) is 19.6 Å². The van der Waals surface area contributed by atoms with Gasteiger partial charge in [0.1, 0.15) is 31.9 Å². The van der Waals surface area contributed by atoms with Crippen LogP contribution >= 0.6 is 11.8 Å². The largest absolute Gasteiger partial charge is 0.477 e. The van der Waals surface area contributed by atoms with Crippen molar-refractivity contribution in [2.75, 3.05) is 32.4 Å². The van der Waals surface area contributed by atoms with Crippen molar-refractivity contribution < 1.29 is 19.2 Å². The molecule has 1 amide bonds. The maximum Gasteiger partial charge on any atom is 0.352 e. The third-order valence-corrected chi connectivity index (χ3v) is 7.57. The summed E-state index contributed by atoms with van der Waals surface area (Å²) in [5.41, 5.74) is 1.18. The maximum atomic E-state index is 12.6. The van der Waals surface area contributed by atoms with Gasteiger partial charge in [0.25, 0.3) is 0 Å². The average molecular weight is 371 g/mol. The molecular formula is C16H28N3O3SSi+. The van der Waals surface area contributed by atoms with E-state index in [9.17, 15) is 14.7 Å². The van der Waals surface area contributed by atoms with Crippen molar-refractivity contribution in [2.45, 2.75) is 43.9 Å². The summed E-state index contributed by atoms with van der Waals surface area (Å²) in [6.07, 6.45) is 2.40. The molecule has 1 unspecified atom stereocenters. The lowest BCUT2D eigenvalue weighted by Gasteiger charge is -2.51. The van der Waals surface area contributed by atoms with Gasteiger partial charge in [0.05, 0.1) is 20.1 Å². The molecule has 0 saturated carbocycles. The number of carbonyl (C=O) groups excluding carboxylic acids is 1. The number of carboxylic acids is 1. The molecule has 3 aliphatic heterocycles. The minimum Gasteiger partial charge on any atom is -0.477 e. The van der Waals surface area contributed by atoms with Crippen LogP contribution < -0.4 is 4.98 Å². The second kappa shape index (κ2) is 6.16. The molecule has 0 aliphatic carbocycles. The van der Waals surface area contributed by atoms with Gasteiger partial charge in [-0.05, 0) is 0 Å². The molecule has 2 saturated heterocycles. The Morgan fingerprint density at radius 3 is 2.54 bits per heavy atom. The van der Waals surface area contributed by atoms with E-state index in [1.165, 1.54) is 17.7 Å². The van der Waals surface area contributed by atoms with E-state index in [0.29, 0.717) is 5.75 Å². The number of carbonyl (C=O) groups is 2. The Labute approximate surface area is 148 Å². The van der Waals surface area contributed by atoms with Crippen LogP contribution in [0.4, 0.5) is 0 Å². The molecule has 3 aliphatic rings. The van der Waals surface area contributed by atoms with E-state index >= 15 is 0 Å². The van der Waals surface area contributed by atoms with Gasteiger partial charge < -0.3 is 14.6 Å². The first-order valence-electron chi connectivity index (χ1n) is 8.63. The van der Waals surface area contributed by atoms with E-state index in [1.54, 1.807) is 11.8 Å². The number of nitrogens with one attached hydrogen (secondary N) is 1. The molecular weight excluding hydrogens is 342 g/mol. The SMILES string of the molecule is C[N+]1(CC2=C(C(=O)O)N3C(=O)C(N[Si](C)(C)C)[C@@H]3SC2)CCCC1. The van der Waals surface area contributed by atoms with Crippen molar-refractivity contribution in [3.63, 3.8) is 0 Å². The number of likely N-dealkylation sites (N-methyl/N-ethyl adjacent to an activating group) is 1. The molecule has 134 valence electrons. The van der Waals surface area contributed by atoms with Crippen LogP contribution in [0.15, 0.2) is 11.3 Å². The summed E-state index contributed by atoms with van der Waals surface area (Å²) >= 11 is 1.71. The van der Waals surface area contributed by atoms with Crippen molar-refractivity contribution in [3.8, 4) is 0 Å². The molecule has 0 aromatic rings. The van der Waals surface area contributed by atoms with Crippen molar-refractivity contribution in [3.05, 3.63) is 11.3 Å². The number of quaternary nitrogens is 1. The summed E-state index contributed by atoms with van der Waals surface area (Å²) in [6, 6.07) is -0.228. The Bertz CT molecular complexity index is 596. The molecule has 2 atom stereocenters. The van der Waals surface area contributed by atoms with Gasteiger partial charge in [0.2, 0.25) is 5.91 Å². The highest BCUT2D eigenvalue weighted by atomic mass is 32.2. The fraction of sp³-hybridized carbons (Fsp3) is 0.750. The molecule has 2 fully saturated rings. The zero-order valence-electron chi connectivity index (χ0n) is 15.0. The minimum atomic E-state index is -1.59. The van der Waals surface area contributed by atoms with Crippen molar-refractivity contribution >= 4 is 31.9 Å². The Kier molecular flexibility index (Phi) is 4.61. The molecule has 2 N–H and O–H groups in total. The monoisotopic (exact) mass is 370 g/mol. The number of thioether (sulfide) groups is 1. The van der Waals surface area contributed by atoms with Gasteiger partial charge in [-0.15, -0.1) is 11.8 Å². The number of likely N-dealkylation sites (tertiary alicyclic amines) is 1. The maximum absolute atomic E-state index is 12.6. The number of fused-ring (bicyclic) bond motifs is 1. The predicted molar refractivity (Wildman–Crippen MR) is 98.0 cm³/mol. The van der Waals surface area contributed by atoms with Crippen molar-refractivity contribution in [1.82, 2.24) is 9.88 Å². The van der Waals surface area contributed by atoms with Crippen molar-refractivity contribution in [2.24, 2.45) is 0 Å². The first-order valence-corrected chi connectivity index (χ1v) is 13.2. The van der Waals surface area contributed by atoms with Crippen molar-refractivity contribution in [1.29, 1.82) is 0 Å². The third kappa shape index (κ3) is 3.29. The average Bonchev–Trinajstić information content (AvgIpc) is 2.89. The lowest BCUT2D eigenvalue weighted by molar-refractivity contribution is -0.893. The van der Waals surface area contributed by atoms with Gasteiger partial charge in [0, 0.05) is 24.2 Å². The number of hydrogen-bond acceptors (Lipinski definition) is 4. The molecule has 0 aromatic carbocycles. The fourth-order valence-electron chi connectivity index (χ4n) is 3.99. The number of aliphatic carboxylic acids is 1. The highest BCUT2D eigenvalue weighted by molar-refractivity contribution is 8.00. The molecule has 0 radical (unpaired) electrons. The standard InChI is InChI=1S/C16H27N3O3SSi/c1-19(7-5-6-8-19)9-11-10-23-15-12(17-24(2,3)4)14(20)18(15)13(11)16(21)22/h12,15,17H,5-10H2,1-4H3/p+1/t12?,15-/m0/s1. The second-order valence-corrected chi connectivity index (χ2v) is 14.4. The predicted octanol–water partition coefficient (Wildman–Crippen LogP) is 1.27. The summed E-state index contributed by atoms with van der Waals surface area (Å²) in [7, 11) is 0.605. The van der Waals surface area contributed by atoms with E-state index in [1.807, 2.05) is 0 Å². The quantitative estimate of drug-likeness (QED) is 0.433. The number of carboxylic acid groups (broad SMARTS) is 1. The first kappa shape index (κ1) is 18.0. The smallest absolute Gasteiger partial charge is 0.352 e. The summed E-state index contributed by atoms with van der Waals surface area (Å²) in [5, 5.41) is 9.68. The lowest BCUT2D eigenvalue weighted by Crippen LogP contribution is -2.73. The van der Waals surface area contributed by atoms with E-state index in [-0.39, 0.29) is 23.0 Å². The van der Waals surface area contributed by atoms with Crippen LogP contribution in [0.1, 0.15) is 12.8 Å². The fourth-order valence-corrected chi connectivity index (χ4v) is 6.66. The van der Waals surface area contributed by atoms with Crippen LogP contribution in [-0.2, 0) is 9.59 Å². The Morgan fingerprint density at radius 1 is 1.38 bits per heavy atom. The van der Waals surface area contributed by atoms with Gasteiger partial charge >= 0.3 is 5.97 Å². The zero-order chi connectivity index (χ0) is 17.7. The zero-order valence-corrected chi connectivity index (χ0v) is 16.8. The van der Waals surface area contributed by atoms with E-state index < -0.39 is 14.2 Å². The number of nitrogens with zero attached hydrogens (tertiary/aromatic N) is 2. The Balaban J connectivity index is 1.83. The van der Waals surface area contributed by atoms with E-state index in [0.717, 1.165) is 29.7 Å². The van der Waals surface area contributed by atoms with Crippen LogP contribution in [0.25, 0.3) is 0 Å². The van der Waals surface area contributed by atoms with E-state index in [2.05, 4.69) is 31.7 Å². The Hall–Kier alpha value is -0.833. The molecule has 24 heavy (non-hydrogen) atoms. The number of hydrogen-bond donors (Lipinski definition) is 2. The topological polar surface area (TPSA) is 69.6 Å². The van der Waals surface area contributed by atoms with Gasteiger partial charge in [-0.25, -0.2) is 4.79 Å².